The topological polar surface area (TPSA) is 98.6 Å². The maximum atomic E-state index is 12.6. The molecule has 0 fully saturated rings. The highest BCUT2D eigenvalue weighted by Gasteiger charge is 2.35. The lowest BCUT2D eigenvalue weighted by Crippen LogP contribution is -2.50. The third-order valence-corrected chi connectivity index (χ3v) is 3.63. The summed E-state index contributed by atoms with van der Waals surface area (Å²) in [6.07, 6.45) is 0.488. The SMILES string of the molecule is CCC(C)(OC)C(=O)N(CC(N)=O)Cc1ccccc1N. The number of carbonyl (C=O) groups is 2. The Kier molecular flexibility index (Phi) is 5.72. The van der Waals surface area contributed by atoms with E-state index in [1.807, 2.05) is 25.1 Å². The first-order valence-corrected chi connectivity index (χ1v) is 6.80. The van der Waals surface area contributed by atoms with Crippen LogP contribution in [-0.2, 0) is 20.9 Å². The van der Waals surface area contributed by atoms with Crippen LogP contribution in [0.25, 0.3) is 0 Å². The molecule has 0 heterocycles. The molecule has 6 heteroatoms. The van der Waals surface area contributed by atoms with Gasteiger partial charge < -0.3 is 21.1 Å². The van der Waals surface area contributed by atoms with Gasteiger partial charge in [0.05, 0.1) is 6.54 Å². The quantitative estimate of drug-likeness (QED) is 0.730. The van der Waals surface area contributed by atoms with E-state index >= 15 is 0 Å². The number of primary amides is 1. The van der Waals surface area contributed by atoms with Gasteiger partial charge in [0.1, 0.15) is 5.60 Å². The molecule has 0 saturated carbocycles. The monoisotopic (exact) mass is 293 g/mol. The summed E-state index contributed by atoms with van der Waals surface area (Å²) in [6, 6.07) is 7.20. The number of ether oxygens (including phenoxy) is 1. The van der Waals surface area contributed by atoms with Crippen LogP contribution in [0, 0.1) is 0 Å². The van der Waals surface area contributed by atoms with Crippen molar-refractivity contribution in [3.8, 4) is 0 Å². The first-order valence-electron chi connectivity index (χ1n) is 6.80. The van der Waals surface area contributed by atoms with E-state index in [-0.39, 0.29) is 19.0 Å². The Morgan fingerprint density at radius 1 is 1.33 bits per heavy atom. The summed E-state index contributed by atoms with van der Waals surface area (Å²) in [5.74, 6) is -0.859. The van der Waals surface area contributed by atoms with E-state index in [1.54, 1.807) is 13.0 Å². The van der Waals surface area contributed by atoms with Crippen LogP contribution >= 0.6 is 0 Å². The van der Waals surface area contributed by atoms with Crippen molar-refractivity contribution in [3.63, 3.8) is 0 Å². The zero-order valence-corrected chi connectivity index (χ0v) is 12.8. The number of amides is 2. The zero-order chi connectivity index (χ0) is 16.0. The number of anilines is 1. The minimum Gasteiger partial charge on any atom is -0.398 e. The fourth-order valence-electron chi connectivity index (χ4n) is 1.99. The average molecular weight is 293 g/mol. The molecule has 0 aliphatic carbocycles. The van der Waals surface area contributed by atoms with E-state index in [4.69, 9.17) is 16.2 Å². The number of nitrogen functional groups attached to an aromatic ring is 1. The Morgan fingerprint density at radius 3 is 2.43 bits per heavy atom. The molecule has 1 rings (SSSR count). The lowest BCUT2D eigenvalue weighted by atomic mass is 10.0. The molecule has 0 aliphatic rings. The molecule has 116 valence electrons. The zero-order valence-electron chi connectivity index (χ0n) is 12.8. The van der Waals surface area contributed by atoms with E-state index in [0.29, 0.717) is 12.1 Å². The van der Waals surface area contributed by atoms with Gasteiger partial charge >= 0.3 is 0 Å². The second-order valence-electron chi connectivity index (χ2n) is 5.11. The van der Waals surface area contributed by atoms with E-state index < -0.39 is 11.5 Å². The summed E-state index contributed by atoms with van der Waals surface area (Å²) in [6.45, 7) is 3.58. The molecule has 0 saturated heterocycles. The summed E-state index contributed by atoms with van der Waals surface area (Å²) < 4.78 is 5.30. The number of rotatable bonds is 7. The number of nitrogens with two attached hydrogens (primary N) is 2. The molecule has 1 aromatic carbocycles. The van der Waals surface area contributed by atoms with Gasteiger partial charge in [-0.25, -0.2) is 0 Å². The standard InChI is InChI=1S/C15H23N3O3/c1-4-15(2,21-3)14(20)18(10-13(17)19)9-11-7-5-6-8-12(11)16/h5-8H,4,9-10,16H2,1-3H3,(H2,17,19). The van der Waals surface area contributed by atoms with E-state index in [2.05, 4.69) is 0 Å². The molecule has 21 heavy (non-hydrogen) atoms. The largest absolute Gasteiger partial charge is 0.398 e. The third-order valence-electron chi connectivity index (χ3n) is 3.63. The van der Waals surface area contributed by atoms with Gasteiger partial charge in [-0.05, 0) is 25.0 Å². The van der Waals surface area contributed by atoms with Crippen molar-refractivity contribution in [1.82, 2.24) is 4.90 Å². The normalized spacial score (nSPS) is 13.5. The molecule has 4 N–H and O–H groups in total. The summed E-state index contributed by atoms with van der Waals surface area (Å²) in [4.78, 5) is 25.3. The van der Waals surface area contributed by atoms with Crippen LogP contribution in [0.2, 0.25) is 0 Å². The Bertz CT molecular complexity index is 513. The molecule has 1 atom stereocenters. The van der Waals surface area contributed by atoms with Crippen LogP contribution in [0.5, 0.6) is 0 Å². The molecule has 0 bridgehead atoms. The van der Waals surface area contributed by atoms with Crippen LogP contribution in [0.3, 0.4) is 0 Å². The number of carbonyl (C=O) groups excluding carboxylic acids is 2. The van der Waals surface area contributed by atoms with Crippen molar-refractivity contribution in [2.75, 3.05) is 19.4 Å². The van der Waals surface area contributed by atoms with Crippen molar-refractivity contribution in [1.29, 1.82) is 0 Å². The predicted molar refractivity (Wildman–Crippen MR) is 81.2 cm³/mol. The smallest absolute Gasteiger partial charge is 0.255 e. The van der Waals surface area contributed by atoms with Gasteiger partial charge in [0, 0.05) is 19.3 Å². The number of para-hydroxylation sites is 1. The van der Waals surface area contributed by atoms with Crippen molar-refractivity contribution < 1.29 is 14.3 Å². The Morgan fingerprint density at radius 2 is 1.95 bits per heavy atom. The molecular weight excluding hydrogens is 270 g/mol. The Balaban J connectivity index is 3.04. The maximum Gasteiger partial charge on any atom is 0.255 e. The molecule has 0 radical (unpaired) electrons. The van der Waals surface area contributed by atoms with E-state index in [9.17, 15) is 9.59 Å². The molecular formula is C15H23N3O3. The molecule has 6 nitrogen and oxygen atoms in total. The van der Waals surface area contributed by atoms with E-state index in [1.165, 1.54) is 12.0 Å². The summed E-state index contributed by atoms with van der Waals surface area (Å²) in [7, 11) is 1.47. The second-order valence-corrected chi connectivity index (χ2v) is 5.11. The molecule has 1 aromatic rings. The van der Waals surface area contributed by atoms with Gasteiger partial charge in [0.25, 0.3) is 5.91 Å². The Hall–Kier alpha value is -2.08. The third kappa shape index (κ3) is 4.19. The van der Waals surface area contributed by atoms with Crippen molar-refractivity contribution in [3.05, 3.63) is 29.8 Å². The molecule has 0 aliphatic heterocycles. The lowest BCUT2D eigenvalue weighted by Gasteiger charge is -2.32. The lowest BCUT2D eigenvalue weighted by molar-refractivity contribution is -0.155. The summed E-state index contributed by atoms with van der Waals surface area (Å²) in [5, 5.41) is 0. The molecule has 0 aromatic heterocycles. The maximum absolute atomic E-state index is 12.6. The highest BCUT2D eigenvalue weighted by atomic mass is 16.5. The number of nitrogens with zero attached hydrogens (tertiary/aromatic N) is 1. The average Bonchev–Trinajstić information content (AvgIpc) is 2.46. The highest BCUT2D eigenvalue weighted by Crippen LogP contribution is 2.21. The first kappa shape index (κ1) is 17.0. The van der Waals surface area contributed by atoms with Crippen LogP contribution in [0.4, 0.5) is 5.69 Å². The van der Waals surface area contributed by atoms with Crippen molar-refractivity contribution >= 4 is 17.5 Å². The minimum atomic E-state index is -0.987. The molecule has 1 unspecified atom stereocenters. The fourth-order valence-corrected chi connectivity index (χ4v) is 1.99. The molecule has 2 amide bonds. The number of hydrogen-bond acceptors (Lipinski definition) is 4. The van der Waals surface area contributed by atoms with Gasteiger partial charge in [0.2, 0.25) is 5.91 Å². The van der Waals surface area contributed by atoms with Crippen LogP contribution in [0.1, 0.15) is 25.8 Å². The first-order chi connectivity index (χ1) is 9.84. The fraction of sp³-hybridized carbons (Fsp3) is 0.467. The van der Waals surface area contributed by atoms with Gasteiger partial charge in [0.15, 0.2) is 0 Å². The highest BCUT2D eigenvalue weighted by molar-refractivity contribution is 5.89. The molecule has 0 spiro atoms. The van der Waals surface area contributed by atoms with Crippen LogP contribution in [0.15, 0.2) is 24.3 Å². The summed E-state index contributed by atoms with van der Waals surface area (Å²) >= 11 is 0. The predicted octanol–water partition coefficient (Wildman–Crippen LogP) is 0.898. The summed E-state index contributed by atoms with van der Waals surface area (Å²) in [5.41, 5.74) is 11.5. The van der Waals surface area contributed by atoms with Gasteiger partial charge in [-0.3, -0.25) is 9.59 Å². The number of hydrogen-bond donors (Lipinski definition) is 2. The minimum absolute atomic E-state index is 0.174. The number of methoxy groups -OCH3 is 1. The van der Waals surface area contributed by atoms with Crippen molar-refractivity contribution in [2.45, 2.75) is 32.4 Å². The van der Waals surface area contributed by atoms with Gasteiger partial charge in [-0.1, -0.05) is 25.1 Å². The van der Waals surface area contributed by atoms with Gasteiger partial charge in [-0.15, -0.1) is 0 Å². The number of benzene rings is 1. The van der Waals surface area contributed by atoms with Crippen LogP contribution in [-0.4, -0.2) is 36.0 Å². The van der Waals surface area contributed by atoms with Gasteiger partial charge in [-0.2, -0.15) is 0 Å². The van der Waals surface area contributed by atoms with E-state index in [0.717, 1.165) is 5.56 Å². The van der Waals surface area contributed by atoms with Crippen molar-refractivity contribution in [2.24, 2.45) is 5.73 Å². The second kappa shape index (κ2) is 7.08. The Labute approximate surface area is 125 Å². The van der Waals surface area contributed by atoms with Crippen LogP contribution < -0.4 is 11.5 Å².